The van der Waals surface area contributed by atoms with E-state index in [9.17, 15) is 0 Å². The number of nitrogens with zero attached hydrogens (tertiary/aromatic N) is 2. The highest BCUT2D eigenvalue weighted by molar-refractivity contribution is 7.00. The summed E-state index contributed by atoms with van der Waals surface area (Å²) in [5.41, 5.74) is 24.5. The van der Waals surface area contributed by atoms with Crippen molar-refractivity contribution >= 4 is 57.2 Å². The fourth-order valence-electron chi connectivity index (χ4n) is 10.8. The SMILES string of the molecule is CC(C)(C)c1cc(N2c3ccccc3B3c4ccccc4N(c4cc(C(C)(C)C)cc(C(C)(C)C)c4)c4cc(CCc5c(-c6ccccc6)cccc5-c5ccccc5)cc2c43)cc(C(C)(C)C)c1. The maximum atomic E-state index is 2.63. The van der Waals surface area contributed by atoms with Gasteiger partial charge >= 0.3 is 0 Å². The first-order valence-electron chi connectivity index (χ1n) is 25.3. The maximum Gasteiger partial charge on any atom is 0.252 e. The number of aryl methyl sites for hydroxylation is 1. The van der Waals surface area contributed by atoms with Gasteiger partial charge in [0.05, 0.1) is 0 Å². The average molecular weight is 901 g/mol. The third kappa shape index (κ3) is 8.64. The number of hydrogen-bond acceptors (Lipinski definition) is 2. The molecular weight excluding hydrogens is 832 g/mol. The summed E-state index contributed by atoms with van der Waals surface area (Å²) in [4.78, 5) is 5.26. The molecule has 0 fully saturated rings. The van der Waals surface area contributed by atoms with Crippen LogP contribution in [0.3, 0.4) is 0 Å². The molecule has 8 aromatic carbocycles. The van der Waals surface area contributed by atoms with Gasteiger partial charge in [0.15, 0.2) is 0 Å². The molecule has 0 amide bonds. The zero-order valence-corrected chi connectivity index (χ0v) is 43.1. The van der Waals surface area contributed by atoms with Crippen molar-refractivity contribution < 1.29 is 0 Å². The van der Waals surface area contributed by atoms with Crippen molar-refractivity contribution in [2.24, 2.45) is 0 Å². The summed E-state index contributed by atoms with van der Waals surface area (Å²) in [6, 6.07) is 67.2. The molecule has 0 atom stereocenters. The second-order valence-electron chi connectivity index (χ2n) is 23.9. The second kappa shape index (κ2) is 17.1. The van der Waals surface area contributed by atoms with E-state index >= 15 is 0 Å². The molecule has 2 aliphatic heterocycles. The van der Waals surface area contributed by atoms with Gasteiger partial charge in [0, 0.05) is 34.1 Å². The fourth-order valence-corrected chi connectivity index (χ4v) is 10.8. The third-order valence-electron chi connectivity index (χ3n) is 14.8. The largest absolute Gasteiger partial charge is 0.311 e. The summed E-state index contributed by atoms with van der Waals surface area (Å²) < 4.78 is 0. The maximum absolute atomic E-state index is 2.63. The van der Waals surface area contributed by atoms with E-state index in [1.807, 2.05) is 0 Å². The summed E-state index contributed by atoms with van der Waals surface area (Å²) in [6.07, 6.45) is 1.75. The summed E-state index contributed by atoms with van der Waals surface area (Å²) in [7, 11) is 0. The Hall–Kier alpha value is -6.58. The van der Waals surface area contributed by atoms with Crippen LogP contribution in [0, 0.1) is 0 Å². The van der Waals surface area contributed by atoms with E-state index in [1.54, 1.807) is 0 Å². The molecule has 69 heavy (non-hydrogen) atoms. The van der Waals surface area contributed by atoms with Gasteiger partial charge in [-0.15, -0.1) is 0 Å². The number of benzene rings is 8. The number of hydrogen-bond donors (Lipinski definition) is 0. The van der Waals surface area contributed by atoms with E-state index in [2.05, 4.69) is 269 Å². The molecule has 10 rings (SSSR count). The average Bonchev–Trinajstić information content (AvgIpc) is 3.32. The van der Waals surface area contributed by atoms with Crippen LogP contribution in [0.2, 0.25) is 0 Å². The predicted molar refractivity (Wildman–Crippen MR) is 300 cm³/mol. The molecule has 0 bridgehead atoms. The molecule has 0 aromatic heterocycles. The van der Waals surface area contributed by atoms with Gasteiger partial charge in [0.1, 0.15) is 0 Å². The molecule has 0 saturated carbocycles. The Morgan fingerprint density at radius 1 is 0.348 bits per heavy atom. The van der Waals surface area contributed by atoms with Gasteiger partial charge in [0.2, 0.25) is 0 Å². The van der Waals surface area contributed by atoms with E-state index in [1.165, 1.54) is 106 Å². The minimum absolute atomic E-state index is 0.0453. The van der Waals surface area contributed by atoms with Gasteiger partial charge in [-0.3, -0.25) is 0 Å². The zero-order chi connectivity index (χ0) is 48.6. The van der Waals surface area contributed by atoms with Crippen molar-refractivity contribution in [1.82, 2.24) is 0 Å². The van der Waals surface area contributed by atoms with Gasteiger partial charge in [-0.1, -0.05) is 210 Å². The highest BCUT2D eigenvalue weighted by Gasteiger charge is 2.44. The Kier molecular flexibility index (Phi) is 11.5. The Labute approximate surface area is 414 Å². The minimum atomic E-state index is -0.0453. The monoisotopic (exact) mass is 901 g/mol. The molecule has 2 aliphatic rings. The van der Waals surface area contributed by atoms with Crippen LogP contribution in [0.1, 0.15) is 116 Å². The normalized spacial score (nSPS) is 13.5. The Bertz CT molecular complexity index is 2940. The van der Waals surface area contributed by atoms with Crippen LogP contribution >= 0.6 is 0 Å². The summed E-state index contributed by atoms with van der Waals surface area (Å²) in [5.74, 6) is 0. The Morgan fingerprint density at radius 3 is 1.09 bits per heavy atom. The van der Waals surface area contributed by atoms with Crippen LogP contribution < -0.4 is 26.2 Å². The molecule has 0 saturated heterocycles. The molecule has 0 radical (unpaired) electrons. The number of rotatable bonds is 7. The lowest BCUT2D eigenvalue weighted by molar-refractivity contribution is 0.568. The van der Waals surface area contributed by atoms with Crippen LogP contribution in [-0.4, -0.2) is 6.71 Å². The third-order valence-corrected chi connectivity index (χ3v) is 14.8. The first-order valence-corrected chi connectivity index (χ1v) is 25.3. The van der Waals surface area contributed by atoms with Crippen LogP contribution in [0.4, 0.5) is 34.1 Å². The van der Waals surface area contributed by atoms with E-state index in [-0.39, 0.29) is 28.4 Å². The predicted octanol–water partition coefficient (Wildman–Crippen LogP) is 16.1. The first kappa shape index (κ1) is 46.2. The summed E-state index contributed by atoms with van der Waals surface area (Å²) in [5, 5.41) is 0. The lowest BCUT2D eigenvalue weighted by Crippen LogP contribution is -2.61. The molecule has 0 N–H and O–H groups in total. The van der Waals surface area contributed by atoms with E-state index in [0.29, 0.717) is 0 Å². The van der Waals surface area contributed by atoms with Gasteiger partial charge in [-0.2, -0.15) is 0 Å². The van der Waals surface area contributed by atoms with Crippen molar-refractivity contribution in [3.05, 3.63) is 209 Å². The lowest BCUT2D eigenvalue weighted by atomic mass is 9.33. The van der Waals surface area contributed by atoms with Crippen molar-refractivity contribution in [3.8, 4) is 22.3 Å². The van der Waals surface area contributed by atoms with Crippen LogP contribution in [-0.2, 0) is 34.5 Å². The van der Waals surface area contributed by atoms with Gasteiger partial charge in [-0.25, -0.2) is 0 Å². The first-order chi connectivity index (χ1) is 32.8. The standard InChI is InChI=1S/C66H69BN2/c1-63(2,3)47-38-48(64(4,5)6)41-51(40-47)68-58-32-21-19-30-56(58)67-57-31-20-22-33-59(57)69(52-42-49(65(7,8)9)39-50(43-52)66(10,11)12)61-37-44(36-60(68)62(61)67)34-35-55-53(45-24-15-13-16-25-45)28-23-29-54(55)46-26-17-14-18-27-46/h13-33,36-43H,34-35H2,1-12H3. The zero-order valence-electron chi connectivity index (χ0n) is 43.1. The number of fused-ring (bicyclic) bond motifs is 4. The highest BCUT2D eigenvalue weighted by atomic mass is 15.2. The smallest absolute Gasteiger partial charge is 0.252 e. The highest BCUT2D eigenvalue weighted by Crippen LogP contribution is 2.48. The van der Waals surface area contributed by atoms with Crippen molar-refractivity contribution in [2.75, 3.05) is 9.80 Å². The van der Waals surface area contributed by atoms with Gasteiger partial charge in [-0.05, 0) is 155 Å². The Balaban J connectivity index is 1.27. The molecule has 346 valence electrons. The van der Waals surface area contributed by atoms with Crippen molar-refractivity contribution in [3.63, 3.8) is 0 Å². The van der Waals surface area contributed by atoms with E-state index < -0.39 is 0 Å². The molecule has 3 heteroatoms. The molecular formula is C66H69BN2. The van der Waals surface area contributed by atoms with E-state index in [0.717, 1.165) is 12.8 Å². The van der Waals surface area contributed by atoms with Crippen LogP contribution in [0.15, 0.2) is 176 Å². The summed E-state index contributed by atoms with van der Waals surface area (Å²) >= 11 is 0. The topological polar surface area (TPSA) is 6.48 Å². The number of para-hydroxylation sites is 2. The molecule has 8 aromatic rings. The minimum Gasteiger partial charge on any atom is -0.311 e. The van der Waals surface area contributed by atoms with Crippen LogP contribution in [0.25, 0.3) is 22.3 Å². The number of anilines is 6. The molecule has 0 unspecified atom stereocenters. The van der Waals surface area contributed by atoms with Crippen molar-refractivity contribution in [2.45, 2.75) is 118 Å². The van der Waals surface area contributed by atoms with Crippen LogP contribution in [0.5, 0.6) is 0 Å². The summed E-state index contributed by atoms with van der Waals surface area (Å²) in [6.45, 7) is 28.3. The molecule has 2 nitrogen and oxygen atoms in total. The quantitative estimate of drug-likeness (QED) is 0.147. The fraction of sp³-hybridized carbons (Fsp3) is 0.273. The van der Waals surface area contributed by atoms with E-state index in [4.69, 9.17) is 0 Å². The molecule has 0 spiro atoms. The van der Waals surface area contributed by atoms with Gasteiger partial charge < -0.3 is 9.80 Å². The van der Waals surface area contributed by atoms with Gasteiger partial charge in [0.25, 0.3) is 6.71 Å². The second-order valence-corrected chi connectivity index (χ2v) is 23.9. The Morgan fingerprint density at radius 2 is 0.710 bits per heavy atom. The molecule has 0 aliphatic carbocycles. The lowest BCUT2D eigenvalue weighted by Gasteiger charge is -2.45. The van der Waals surface area contributed by atoms with Crippen molar-refractivity contribution in [1.29, 1.82) is 0 Å². The molecule has 2 heterocycles.